The van der Waals surface area contributed by atoms with Gasteiger partial charge in [-0.15, -0.1) is 0 Å². The summed E-state index contributed by atoms with van der Waals surface area (Å²) in [6.07, 6.45) is 0. The standard InChI is InChI=1S/C19H24N2O2/c1-15-6-4-7-16(12-15)14-23-18-9-5-8-17(13-18)19(22)21(3)11-10-20-2/h4-9,12-13,20H,10-11,14H2,1-3H3. The van der Waals surface area contributed by atoms with Crippen LogP contribution in [0.2, 0.25) is 0 Å². The third-order valence-electron chi connectivity index (χ3n) is 3.61. The number of nitrogens with zero attached hydrogens (tertiary/aromatic N) is 1. The van der Waals surface area contributed by atoms with E-state index in [-0.39, 0.29) is 5.91 Å². The van der Waals surface area contributed by atoms with Crippen LogP contribution >= 0.6 is 0 Å². The van der Waals surface area contributed by atoms with E-state index in [9.17, 15) is 4.79 Å². The minimum atomic E-state index is 0.00116. The van der Waals surface area contributed by atoms with Gasteiger partial charge in [-0.05, 0) is 37.7 Å². The van der Waals surface area contributed by atoms with Gasteiger partial charge >= 0.3 is 0 Å². The predicted octanol–water partition coefficient (Wildman–Crippen LogP) is 2.87. The fourth-order valence-electron chi connectivity index (χ4n) is 2.29. The molecule has 2 rings (SSSR count). The minimum Gasteiger partial charge on any atom is -0.489 e. The number of nitrogens with one attached hydrogen (secondary N) is 1. The molecule has 0 unspecified atom stereocenters. The molecule has 1 amide bonds. The smallest absolute Gasteiger partial charge is 0.253 e. The number of hydrogen-bond donors (Lipinski definition) is 1. The number of carbonyl (C=O) groups excluding carboxylic acids is 1. The van der Waals surface area contributed by atoms with Crippen molar-refractivity contribution < 1.29 is 9.53 Å². The normalized spacial score (nSPS) is 10.4. The predicted molar refractivity (Wildman–Crippen MR) is 92.8 cm³/mol. The number of aryl methyl sites for hydroxylation is 1. The molecule has 0 saturated heterocycles. The van der Waals surface area contributed by atoms with Crippen LogP contribution in [0.25, 0.3) is 0 Å². The van der Waals surface area contributed by atoms with Gasteiger partial charge in [-0.2, -0.15) is 0 Å². The maximum atomic E-state index is 12.4. The van der Waals surface area contributed by atoms with Crippen LogP contribution in [0.3, 0.4) is 0 Å². The quantitative estimate of drug-likeness (QED) is 0.855. The SMILES string of the molecule is CNCCN(C)C(=O)c1cccc(OCc2cccc(C)c2)c1. The summed E-state index contributed by atoms with van der Waals surface area (Å²) in [5, 5.41) is 3.04. The van der Waals surface area contributed by atoms with Crippen LogP contribution in [0, 0.1) is 6.92 Å². The number of amides is 1. The number of carbonyl (C=O) groups is 1. The fraction of sp³-hybridized carbons (Fsp3) is 0.316. The maximum absolute atomic E-state index is 12.4. The molecule has 0 aliphatic heterocycles. The molecule has 0 aliphatic rings. The Hall–Kier alpha value is -2.33. The molecule has 122 valence electrons. The van der Waals surface area contributed by atoms with Gasteiger partial charge in [0.15, 0.2) is 0 Å². The molecule has 0 aromatic heterocycles. The van der Waals surface area contributed by atoms with Gasteiger partial charge < -0.3 is 15.0 Å². The molecule has 0 spiro atoms. The van der Waals surface area contributed by atoms with Crippen LogP contribution in [0.5, 0.6) is 5.75 Å². The van der Waals surface area contributed by atoms with Gasteiger partial charge in [0.2, 0.25) is 0 Å². The first kappa shape index (κ1) is 17.0. The van der Waals surface area contributed by atoms with E-state index in [2.05, 4.69) is 24.4 Å². The topological polar surface area (TPSA) is 41.6 Å². The summed E-state index contributed by atoms with van der Waals surface area (Å²) >= 11 is 0. The summed E-state index contributed by atoms with van der Waals surface area (Å²) in [5.41, 5.74) is 2.97. The van der Waals surface area contributed by atoms with Crippen LogP contribution < -0.4 is 10.1 Å². The van der Waals surface area contributed by atoms with Crippen LogP contribution in [0.15, 0.2) is 48.5 Å². The molecular formula is C19H24N2O2. The monoisotopic (exact) mass is 312 g/mol. The highest BCUT2D eigenvalue weighted by Crippen LogP contribution is 2.16. The Balaban J connectivity index is 2.00. The van der Waals surface area contributed by atoms with Gasteiger partial charge in [0.05, 0.1) is 0 Å². The molecule has 1 N–H and O–H groups in total. The Bertz CT molecular complexity index is 655. The first-order chi connectivity index (χ1) is 11.1. The van der Waals surface area contributed by atoms with Crippen molar-refractivity contribution in [3.05, 3.63) is 65.2 Å². The average molecular weight is 312 g/mol. The Kier molecular flexibility index (Phi) is 6.18. The second-order valence-corrected chi connectivity index (χ2v) is 5.64. The van der Waals surface area contributed by atoms with Crippen molar-refractivity contribution in [1.29, 1.82) is 0 Å². The second-order valence-electron chi connectivity index (χ2n) is 5.64. The van der Waals surface area contributed by atoms with Crippen LogP contribution in [0.4, 0.5) is 0 Å². The molecule has 4 nitrogen and oxygen atoms in total. The Labute approximate surface area is 138 Å². The van der Waals surface area contributed by atoms with E-state index >= 15 is 0 Å². The highest BCUT2D eigenvalue weighted by atomic mass is 16.5. The fourth-order valence-corrected chi connectivity index (χ4v) is 2.29. The van der Waals surface area contributed by atoms with Crippen molar-refractivity contribution in [2.45, 2.75) is 13.5 Å². The van der Waals surface area contributed by atoms with Crippen molar-refractivity contribution >= 4 is 5.91 Å². The average Bonchev–Trinajstić information content (AvgIpc) is 2.57. The number of likely N-dealkylation sites (N-methyl/N-ethyl adjacent to an activating group) is 2. The Morgan fingerprint density at radius 1 is 1.17 bits per heavy atom. The van der Waals surface area contributed by atoms with Crippen molar-refractivity contribution in [2.24, 2.45) is 0 Å². The Morgan fingerprint density at radius 2 is 1.96 bits per heavy atom. The number of hydrogen-bond acceptors (Lipinski definition) is 3. The molecule has 2 aromatic carbocycles. The van der Waals surface area contributed by atoms with E-state index in [1.165, 1.54) is 5.56 Å². The maximum Gasteiger partial charge on any atom is 0.253 e. The van der Waals surface area contributed by atoms with Gasteiger partial charge in [0.1, 0.15) is 12.4 Å². The molecule has 23 heavy (non-hydrogen) atoms. The molecule has 0 saturated carbocycles. The molecule has 0 fully saturated rings. The van der Waals surface area contributed by atoms with Crippen molar-refractivity contribution in [2.75, 3.05) is 27.2 Å². The lowest BCUT2D eigenvalue weighted by molar-refractivity contribution is 0.0796. The number of benzene rings is 2. The largest absolute Gasteiger partial charge is 0.489 e. The molecule has 0 bridgehead atoms. The van der Waals surface area contributed by atoms with Crippen LogP contribution in [-0.2, 0) is 6.61 Å². The zero-order valence-electron chi connectivity index (χ0n) is 14.0. The number of ether oxygens (including phenoxy) is 1. The summed E-state index contributed by atoms with van der Waals surface area (Å²) in [6.45, 7) is 3.99. The van der Waals surface area contributed by atoms with E-state index in [1.54, 1.807) is 18.0 Å². The lowest BCUT2D eigenvalue weighted by atomic mass is 10.1. The lowest BCUT2D eigenvalue weighted by Crippen LogP contribution is -2.32. The summed E-state index contributed by atoms with van der Waals surface area (Å²) in [5.74, 6) is 0.709. The zero-order valence-corrected chi connectivity index (χ0v) is 14.0. The Morgan fingerprint density at radius 3 is 2.70 bits per heavy atom. The summed E-state index contributed by atoms with van der Waals surface area (Å²) < 4.78 is 5.82. The van der Waals surface area contributed by atoms with Crippen LogP contribution in [0.1, 0.15) is 21.5 Å². The van der Waals surface area contributed by atoms with E-state index in [0.717, 1.165) is 12.1 Å². The molecule has 0 radical (unpaired) electrons. The van der Waals surface area contributed by atoms with E-state index in [4.69, 9.17) is 4.74 Å². The summed E-state index contributed by atoms with van der Waals surface area (Å²) in [4.78, 5) is 14.1. The third kappa shape index (κ3) is 5.11. The van der Waals surface area contributed by atoms with Gasteiger partial charge in [0, 0.05) is 25.7 Å². The van der Waals surface area contributed by atoms with Gasteiger partial charge in [-0.3, -0.25) is 4.79 Å². The first-order valence-corrected chi connectivity index (χ1v) is 7.78. The van der Waals surface area contributed by atoms with Gasteiger partial charge in [0.25, 0.3) is 5.91 Å². The molecule has 0 atom stereocenters. The molecule has 4 heteroatoms. The molecule has 0 heterocycles. The summed E-state index contributed by atoms with van der Waals surface area (Å²) in [6, 6.07) is 15.6. The van der Waals surface area contributed by atoms with Crippen LogP contribution in [-0.4, -0.2) is 38.0 Å². The van der Waals surface area contributed by atoms with Crippen molar-refractivity contribution in [1.82, 2.24) is 10.2 Å². The zero-order chi connectivity index (χ0) is 16.7. The van der Waals surface area contributed by atoms with E-state index in [0.29, 0.717) is 24.5 Å². The minimum absolute atomic E-state index is 0.00116. The highest BCUT2D eigenvalue weighted by Gasteiger charge is 2.11. The lowest BCUT2D eigenvalue weighted by Gasteiger charge is -2.17. The first-order valence-electron chi connectivity index (χ1n) is 7.78. The molecular weight excluding hydrogens is 288 g/mol. The third-order valence-corrected chi connectivity index (χ3v) is 3.61. The van der Waals surface area contributed by atoms with Crippen molar-refractivity contribution in [3.63, 3.8) is 0 Å². The molecule has 0 aliphatic carbocycles. The van der Waals surface area contributed by atoms with E-state index in [1.807, 2.05) is 37.4 Å². The van der Waals surface area contributed by atoms with Gasteiger partial charge in [-0.1, -0.05) is 35.9 Å². The molecule has 2 aromatic rings. The highest BCUT2D eigenvalue weighted by molar-refractivity contribution is 5.94. The number of rotatable bonds is 7. The summed E-state index contributed by atoms with van der Waals surface area (Å²) in [7, 11) is 3.68. The van der Waals surface area contributed by atoms with Gasteiger partial charge in [-0.25, -0.2) is 0 Å². The van der Waals surface area contributed by atoms with Crippen molar-refractivity contribution in [3.8, 4) is 5.75 Å². The second kappa shape index (κ2) is 8.34. The van der Waals surface area contributed by atoms with E-state index < -0.39 is 0 Å².